The van der Waals surface area contributed by atoms with Gasteiger partial charge in [-0.2, -0.15) is 0 Å². The van der Waals surface area contributed by atoms with E-state index in [0.29, 0.717) is 6.54 Å². The number of H-pyrrole nitrogens is 1. The van der Waals surface area contributed by atoms with Gasteiger partial charge in [0.05, 0.1) is 12.1 Å². The first kappa shape index (κ1) is 17.9. The first-order valence-electron chi connectivity index (χ1n) is 6.10. The molecular weight excluding hydrogens is 404 g/mol. The molecule has 0 fully saturated rings. The van der Waals surface area contributed by atoms with Gasteiger partial charge in [0.2, 0.25) is 5.56 Å². The van der Waals surface area contributed by atoms with Gasteiger partial charge in [0, 0.05) is 33.5 Å². The summed E-state index contributed by atoms with van der Waals surface area (Å²) in [5, 5.41) is 9.49. The van der Waals surface area contributed by atoms with Crippen molar-refractivity contribution < 1.29 is 5.11 Å². The molecule has 0 spiro atoms. The summed E-state index contributed by atoms with van der Waals surface area (Å²) in [6.45, 7) is 3.64. The van der Waals surface area contributed by atoms with Gasteiger partial charge in [-0.25, -0.2) is 0 Å². The summed E-state index contributed by atoms with van der Waals surface area (Å²) >= 11 is 6.34. The SMILES string of the molecule is CC(C)(O)Cn1ccc(Br)cc1=O.O=c1cc(Br)cc[nH]1. The number of rotatable bonds is 2. The summed E-state index contributed by atoms with van der Waals surface area (Å²) in [7, 11) is 0. The van der Waals surface area contributed by atoms with Crippen molar-refractivity contribution in [2.24, 2.45) is 0 Å². The van der Waals surface area contributed by atoms with E-state index in [1.807, 2.05) is 0 Å². The molecule has 0 aliphatic heterocycles. The number of hydrogen-bond acceptors (Lipinski definition) is 3. The Kier molecular flexibility index (Phi) is 6.57. The lowest BCUT2D eigenvalue weighted by Gasteiger charge is -2.18. The molecule has 0 radical (unpaired) electrons. The second kappa shape index (κ2) is 7.72. The molecule has 2 N–H and O–H groups in total. The Morgan fingerprint density at radius 1 is 1.19 bits per heavy atom. The number of aliphatic hydroxyl groups is 1. The van der Waals surface area contributed by atoms with E-state index in [4.69, 9.17) is 0 Å². The second-order valence-electron chi connectivity index (χ2n) is 4.99. The molecule has 2 heterocycles. The lowest BCUT2D eigenvalue weighted by Crippen LogP contribution is -2.31. The Morgan fingerprint density at radius 3 is 2.24 bits per heavy atom. The minimum absolute atomic E-state index is 0.0839. The largest absolute Gasteiger partial charge is 0.389 e. The Balaban J connectivity index is 0.000000235. The maximum atomic E-state index is 11.3. The van der Waals surface area contributed by atoms with Gasteiger partial charge in [0.1, 0.15) is 0 Å². The normalized spacial score (nSPS) is 10.7. The van der Waals surface area contributed by atoms with Crippen LogP contribution < -0.4 is 11.1 Å². The van der Waals surface area contributed by atoms with Crippen LogP contribution in [-0.2, 0) is 6.54 Å². The highest BCUT2D eigenvalue weighted by Gasteiger charge is 2.13. The summed E-state index contributed by atoms with van der Waals surface area (Å²) in [5.41, 5.74) is -1.06. The smallest absolute Gasteiger partial charge is 0.251 e. The molecule has 114 valence electrons. The molecule has 21 heavy (non-hydrogen) atoms. The third-order valence-corrected chi connectivity index (χ3v) is 3.24. The lowest BCUT2D eigenvalue weighted by atomic mass is 10.1. The number of aromatic amines is 1. The van der Waals surface area contributed by atoms with Gasteiger partial charge in [0.25, 0.3) is 5.56 Å². The molecule has 0 unspecified atom stereocenters. The van der Waals surface area contributed by atoms with Crippen molar-refractivity contribution in [3.8, 4) is 0 Å². The Hall–Kier alpha value is -1.18. The monoisotopic (exact) mass is 418 g/mol. The molecule has 0 bridgehead atoms. The van der Waals surface area contributed by atoms with E-state index in [1.165, 1.54) is 16.7 Å². The number of aromatic nitrogens is 2. The fourth-order valence-electron chi connectivity index (χ4n) is 1.45. The van der Waals surface area contributed by atoms with Crippen molar-refractivity contribution in [2.75, 3.05) is 0 Å². The summed E-state index contributed by atoms with van der Waals surface area (Å²) < 4.78 is 3.04. The van der Waals surface area contributed by atoms with Crippen molar-refractivity contribution in [3.05, 3.63) is 66.3 Å². The van der Waals surface area contributed by atoms with Crippen molar-refractivity contribution in [1.29, 1.82) is 0 Å². The molecule has 0 atom stereocenters. The number of nitrogens with zero attached hydrogens (tertiary/aromatic N) is 1. The standard InChI is InChI=1S/C9H12BrNO2.C5H4BrNO/c1-9(2,13)6-11-4-3-7(10)5-8(11)12;6-4-1-2-7-5(8)3-4/h3-5,13H,6H2,1-2H3;1-3H,(H,7,8). The molecule has 0 aliphatic carbocycles. The zero-order valence-corrected chi connectivity index (χ0v) is 14.8. The van der Waals surface area contributed by atoms with E-state index < -0.39 is 5.60 Å². The first-order valence-corrected chi connectivity index (χ1v) is 7.68. The quantitative estimate of drug-likeness (QED) is 0.785. The van der Waals surface area contributed by atoms with E-state index in [9.17, 15) is 14.7 Å². The molecule has 2 rings (SSSR count). The summed E-state index contributed by atoms with van der Waals surface area (Å²) in [4.78, 5) is 24.2. The zero-order valence-electron chi connectivity index (χ0n) is 11.6. The summed E-state index contributed by atoms with van der Waals surface area (Å²) in [6, 6.07) is 6.49. The predicted octanol–water partition coefficient (Wildman–Crippen LogP) is 2.52. The maximum Gasteiger partial charge on any atom is 0.251 e. The van der Waals surface area contributed by atoms with Gasteiger partial charge in [-0.05, 0) is 26.0 Å². The van der Waals surface area contributed by atoms with E-state index in [0.717, 1.165) is 8.95 Å². The van der Waals surface area contributed by atoms with Crippen LogP contribution in [0.25, 0.3) is 0 Å². The maximum absolute atomic E-state index is 11.3. The van der Waals surface area contributed by atoms with E-state index in [2.05, 4.69) is 36.8 Å². The van der Waals surface area contributed by atoms with Crippen LogP contribution in [0.15, 0.2) is 55.2 Å². The lowest BCUT2D eigenvalue weighted by molar-refractivity contribution is 0.0604. The highest BCUT2D eigenvalue weighted by atomic mass is 79.9. The van der Waals surface area contributed by atoms with Crippen LogP contribution in [0.2, 0.25) is 0 Å². The van der Waals surface area contributed by atoms with Gasteiger partial charge in [-0.1, -0.05) is 31.9 Å². The van der Waals surface area contributed by atoms with Gasteiger partial charge in [-0.15, -0.1) is 0 Å². The molecule has 0 saturated heterocycles. The number of hydrogen-bond donors (Lipinski definition) is 2. The van der Waals surface area contributed by atoms with Crippen molar-refractivity contribution in [2.45, 2.75) is 26.0 Å². The topological polar surface area (TPSA) is 75.1 Å². The van der Waals surface area contributed by atoms with Gasteiger partial charge < -0.3 is 14.7 Å². The third-order valence-electron chi connectivity index (χ3n) is 2.25. The van der Waals surface area contributed by atoms with E-state index in [1.54, 1.807) is 38.4 Å². The fraction of sp³-hybridized carbons (Fsp3) is 0.286. The van der Waals surface area contributed by atoms with E-state index >= 15 is 0 Å². The molecular formula is C14H16Br2N2O3. The number of halogens is 2. The van der Waals surface area contributed by atoms with E-state index in [-0.39, 0.29) is 11.1 Å². The highest BCUT2D eigenvalue weighted by molar-refractivity contribution is 9.10. The molecule has 0 amide bonds. The molecule has 5 nitrogen and oxygen atoms in total. The third kappa shape index (κ3) is 7.40. The van der Waals surface area contributed by atoms with Crippen LogP contribution in [0.5, 0.6) is 0 Å². The van der Waals surface area contributed by atoms with Crippen molar-refractivity contribution >= 4 is 31.9 Å². The van der Waals surface area contributed by atoms with Gasteiger partial charge >= 0.3 is 0 Å². The predicted molar refractivity (Wildman–Crippen MR) is 89.5 cm³/mol. The minimum Gasteiger partial charge on any atom is -0.389 e. The van der Waals surface area contributed by atoms with Crippen LogP contribution in [-0.4, -0.2) is 20.3 Å². The number of nitrogens with one attached hydrogen (secondary N) is 1. The molecule has 2 aromatic rings. The number of pyridine rings is 2. The van der Waals surface area contributed by atoms with Crippen molar-refractivity contribution in [3.63, 3.8) is 0 Å². The Morgan fingerprint density at radius 2 is 1.81 bits per heavy atom. The summed E-state index contributed by atoms with van der Waals surface area (Å²) in [6.07, 6.45) is 3.25. The fourth-order valence-corrected chi connectivity index (χ4v) is 2.10. The Bertz CT molecular complexity index is 702. The van der Waals surface area contributed by atoms with Crippen LogP contribution in [0.1, 0.15) is 13.8 Å². The summed E-state index contributed by atoms with van der Waals surface area (Å²) in [5.74, 6) is 0. The van der Waals surface area contributed by atoms with Crippen LogP contribution in [0.3, 0.4) is 0 Å². The highest BCUT2D eigenvalue weighted by Crippen LogP contribution is 2.07. The average Bonchev–Trinajstić information content (AvgIpc) is 2.32. The molecule has 2 aromatic heterocycles. The van der Waals surface area contributed by atoms with Crippen LogP contribution in [0.4, 0.5) is 0 Å². The molecule has 7 heteroatoms. The first-order chi connectivity index (χ1) is 9.67. The zero-order chi connectivity index (χ0) is 16.0. The van der Waals surface area contributed by atoms with Gasteiger partial charge in [0.15, 0.2) is 0 Å². The minimum atomic E-state index is -0.863. The second-order valence-corrected chi connectivity index (χ2v) is 6.83. The molecule has 0 aromatic carbocycles. The molecule has 0 saturated carbocycles. The van der Waals surface area contributed by atoms with Crippen LogP contribution >= 0.6 is 31.9 Å². The van der Waals surface area contributed by atoms with Crippen molar-refractivity contribution in [1.82, 2.24) is 9.55 Å². The molecule has 0 aliphatic rings. The Labute approximate surface area is 138 Å². The van der Waals surface area contributed by atoms with Crippen LogP contribution in [0, 0.1) is 0 Å². The van der Waals surface area contributed by atoms with Gasteiger partial charge in [-0.3, -0.25) is 9.59 Å². The average molecular weight is 420 g/mol.